The Morgan fingerprint density at radius 2 is 2.00 bits per heavy atom. The summed E-state index contributed by atoms with van der Waals surface area (Å²) in [6, 6.07) is 1.57. The van der Waals surface area contributed by atoms with E-state index in [1.54, 1.807) is 10.7 Å². The van der Waals surface area contributed by atoms with Crippen LogP contribution in [0.1, 0.15) is 12.8 Å². The lowest BCUT2D eigenvalue weighted by molar-refractivity contribution is -0.148. The van der Waals surface area contributed by atoms with Crippen molar-refractivity contribution in [2.24, 2.45) is 5.92 Å². The summed E-state index contributed by atoms with van der Waals surface area (Å²) in [6.07, 6.45) is -2.69. The summed E-state index contributed by atoms with van der Waals surface area (Å²) in [4.78, 5) is 1.44. The third-order valence-electron chi connectivity index (χ3n) is 3.32. The third-order valence-corrected chi connectivity index (χ3v) is 3.51. The normalized spacial score (nSPS) is 18.9. The van der Waals surface area contributed by atoms with E-state index in [1.807, 2.05) is 0 Å². The highest BCUT2D eigenvalue weighted by Gasteiger charge is 2.32. The van der Waals surface area contributed by atoms with Gasteiger partial charge in [0.1, 0.15) is 5.82 Å². The first-order valence-corrected chi connectivity index (χ1v) is 6.49. The molecule has 0 atom stereocenters. The smallest absolute Gasteiger partial charge is 0.384 e. The number of aromatic nitrogens is 2. The summed E-state index contributed by atoms with van der Waals surface area (Å²) in [5, 5.41) is 4.39. The zero-order valence-corrected chi connectivity index (χ0v) is 11.1. The van der Waals surface area contributed by atoms with Crippen molar-refractivity contribution in [3.05, 3.63) is 11.2 Å². The number of piperidine rings is 1. The Kier molecular flexibility index (Phi) is 4.25. The van der Waals surface area contributed by atoms with E-state index in [4.69, 9.17) is 17.3 Å². The molecule has 8 heteroatoms. The highest BCUT2D eigenvalue weighted by atomic mass is 35.5. The standard InChI is InChI=1S/C11H16ClF3N4/c12-9-5-10(16)19(17-9)6-8-1-3-18(4-2-8)7-11(13,14)15/h5,8H,1-4,6-7,16H2. The quantitative estimate of drug-likeness (QED) is 0.932. The fraction of sp³-hybridized carbons (Fsp3) is 0.727. The zero-order chi connectivity index (χ0) is 14.0. The van der Waals surface area contributed by atoms with Gasteiger partial charge in [-0.05, 0) is 31.8 Å². The molecule has 1 aromatic heterocycles. The minimum atomic E-state index is -4.12. The summed E-state index contributed by atoms with van der Waals surface area (Å²) in [7, 11) is 0. The van der Waals surface area contributed by atoms with Gasteiger partial charge in [-0.25, -0.2) is 4.68 Å². The van der Waals surface area contributed by atoms with Gasteiger partial charge in [0.15, 0.2) is 5.15 Å². The van der Waals surface area contributed by atoms with Gasteiger partial charge in [0.25, 0.3) is 0 Å². The lowest BCUT2D eigenvalue weighted by Gasteiger charge is -2.32. The molecule has 0 amide bonds. The van der Waals surface area contributed by atoms with Crippen LogP contribution in [0.15, 0.2) is 6.07 Å². The van der Waals surface area contributed by atoms with Crippen molar-refractivity contribution in [1.82, 2.24) is 14.7 Å². The minimum Gasteiger partial charge on any atom is -0.384 e. The molecule has 0 aromatic carbocycles. The second-order valence-electron chi connectivity index (χ2n) is 4.91. The zero-order valence-electron chi connectivity index (χ0n) is 10.3. The Labute approximate surface area is 114 Å². The van der Waals surface area contributed by atoms with Gasteiger partial charge in [0.2, 0.25) is 0 Å². The highest BCUT2D eigenvalue weighted by molar-refractivity contribution is 6.29. The van der Waals surface area contributed by atoms with E-state index >= 15 is 0 Å². The molecule has 0 saturated carbocycles. The molecule has 1 fully saturated rings. The van der Waals surface area contributed by atoms with E-state index in [-0.39, 0.29) is 0 Å². The molecule has 2 rings (SSSR count). The average Bonchev–Trinajstić information content (AvgIpc) is 2.58. The number of rotatable bonds is 3. The molecule has 0 spiro atoms. The number of likely N-dealkylation sites (tertiary alicyclic amines) is 1. The van der Waals surface area contributed by atoms with Gasteiger partial charge >= 0.3 is 6.18 Å². The van der Waals surface area contributed by atoms with Crippen molar-refractivity contribution in [3.8, 4) is 0 Å². The molecule has 0 aliphatic carbocycles. The molecule has 1 aliphatic heterocycles. The maximum atomic E-state index is 12.3. The predicted octanol–water partition coefficient (Wildman–Crippen LogP) is 2.39. The maximum absolute atomic E-state index is 12.3. The van der Waals surface area contributed by atoms with Crippen LogP contribution >= 0.6 is 11.6 Å². The van der Waals surface area contributed by atoms with Crippen LogP contribution in [0.4, 0.5) is 19.0 Å². The van der Waals surface area contributed by atoms with E-state index in [9.17, 15) is 13.2 Å². The van der Waals surface area contributed by atoms with Gasteiger partial charge in [0.05, 0.1) is 6.54 Å². The molecule has 2 heterocycles. The Hall–Kier alpha value is -0.950. The lowest BCUT2D eigenvalue weighted by Crippen LogP contribution is -2.40. The van der Waals surface area contributed by atoms with E-state index in [0.29, 0.717) is 49.4 Å². The van der Waals surface area contributed by atoms with Gasteiger partial charge in [-0.15, -0.1) is 0 Å². The summed E-state index contributed by atoms with van der Waals surface area (Å²) >= 11 is 5.73. The van der Waals surface area contributed by atoms with Crippen molar-refractivity contribution in [2.45, 2.75) is 25.6 Å². The van der Waals surface area contributed by atoms with Gasteiger partial charge < -0.3 is 5.73 Å². The molecule has 4 nitrogen and oxygen atoms in total. The Morgan fingerprint density at radius 1 is 1.37 bits per heavy atom. The second-order valence-corrected chi connectivity index (χ2v) is 5.30. The summed E-state index contributed by atoms with van der Waals surface area (Å²) in [6.45, 7) is 0.700. The maximum Gasteiger partial charge on any atom is 0.401 e. The number of nitrogens with zero attached hydrogens (tertiary/aromatic N) is 3. The summed E-state index contributed by atoms with van der Waals surface area (Å²) in [5.41, 5.74) is 5.73. The van der Waals surface area contributed by atoms with Crippen molar-refractivity contribution >= 4 is 17.4 Å². The number of halogens is 4. The van der Waals surface area contributed by atoms with Crippen LogP contribution < -0.4 is 5.73 Å². The lowest BCUT2D eigenvalue weighted by atomic mass is 9.97. The van der Waals surface area contributed by atoms with Crippen LogP contribution in [0, 0.1) is 5.92 Å². The minimum absolute atomic E-state index is 0.294. The number of anilines is 1. The van der Waals surface area contributed by atoms with Crippen LogP contribution in [0.2, 0.25) is 5.15 Å². The van der Waals surface area contributed by atoms with Crippen molar-refractivity contribution in [1.29, 1.82) is 0 Å². The molecule has 0 radical (unpaired) electrons. The van der Waals surface area contributed by atoms with Crippen molar-refractivity contribution in [2.75, 3.05) is 25.4 Å². The van der Waals surface area contributed by atoms with E-state index in [1.165, 1.54) is 4.90 Å². The Morgan fingerprint density at radius 3 is 2.47 bits per heavy atom. The molecular weight excluding hydrogens is 281 g/mol. The molecule has 0 bridgehead atoms. The number of nitrogen functional groups attached to an aromatic ring is 1. The fourth-order valence-corrected chi connectivity index (χ4v) is 2.57. The van der Waals surface area contributed by atoms with Gasteiger partial charge in [0, 0.05) is 12.6 Å². The fourth-order valence-electron chi connectivity index (χ4n) is 2.37. The molecule has 19 heavy (non-hydrogen) atoms. The van der Waals surface area contributed by atoms with Crippen LogP contribution in [0.25, 0.3) is 0 Å². The molecule has 1 aromatic rings. The molecule has 1 saturated heterocycles. The molecular formula is C11H16ClF3N4. The summed E-state index contributed by atoms with van der Waals surface area (Å²) in [5.74, 6) is 0.783. The number of nitrogens with two attached hydrogens (primary N) is 1. The van der Waals surface area contributed by atoms with Gasteiger partial charge in [-0.3, -0.25) is 4.90 Å². The SMILES string of the molecule is Nc1cc(Cl)nn1CC1CCN(CC(F)(F)F)CC1. The molecule has 2 N–H and O–H groups in total. The number of alkyl halides is 3. The van der Waals surface area contributed by atoms with E-state index < -0.39 is 12.7 Å². The van der Waals surface area contributed by atoms with E-state index in [0.717, 1.165) is 0 Å². The van der Waals surface area contributed by atoms with Crippen LogP contribution in [0.3, 0.4) is 0 Å². The average molecular weight is 297 g/mol. The number of hydrogen-bond donors (Lipinski definition) is 1. The van der Waals surface area contributed by atoms with Crippen LogP contribution in [0.5, 0.6) is 0 Å². The first-order valence-electron chi connectivity index (χ1n) is 6.11. The highest BCUT2D eigenvalue weighted by Crippen LogP contribution is 2.24. The van der Waals surface area contributed by atoms with Gasteiger partial charge in [-0.1, -0.05) is 11.6 Å². The van der Waals surface area contributed by atoms with Crippen molar-refractivity contribution < 1.29 is 13.2 Å². The summed E-state index contributed by atoms with van der Waals surface area (Å²) < 4.78 is 38.4. The molecule has 0 unspecified atom stereocenters. The largest absolute Gasteiger partial charge is 0.401 e. The predicted molar refractivity (Wildman–Crippen MR) is 66.9 cm³/mol. The molecule has 1 aliphatic rings. The van der Waals surface area contributed by atoms with Crippen LogP contribution in [-0.4, -0.2) is 40.5 Å². The third kappa shape index (κ3) is 4.28. The van der Waals surface area contributed by atoms with Crippen molar-refractivity contribution in [3.63, 3.8) is 0 Å². The molecule has 108 valence electrons. The first kappa shape index (κ1) is 14.5. The second kappa shape index (κ2) is 5.58. The first-order chi connectivity index (χ1) is 8.83. The monoisotopic (exact) mass is 296 g/mol. The van der Waals surface area contributed by atoms with Crippen LogP contribution in [-0.2, 0) is 6.54 Å². The van der Waals surface area contributed by atoms with E-state index in [2.05, 4.69) is 5.10 Å². The number of hydrogen-bond acceptors (Lipinski definition) is 3. The topological polar surface area (TPSA) is 47.1 Å². The van der Waals surface area contributed by atoms with Gasteiger partial charge in [-0.2, -0.15) is 18.3 Å². The Balaban J connectivity index is 1.82. The Bertz CT molecular complexity index is 424.